The lowest BCUT2D eigenvalue weighted by Gasteiger charge is -2.73. The molecule has 0 aromatic carbocycles. The van der Waals surface area contributed by atoms with Crippen molar-refractivity contribution in [2.24, 2.45) is 56.7 Å². The lowest BCUT2D eigenvalue weighted by atomic mass is 9.32. The summed E-state index contributed by atoms with van der Waals surface area (Å²) >= 11 is 0. The van der Waals surface area contributed by atoms with Crippen molar-refractivity contribution in [3.05, 3.63) is 0 Å². The summed E-state index contributed by atoms with van der Waals surface area (Å²) in [6.45, 7) is 17.8. The fourth-order valence-electron chi connectivity index (χ4n) is 11.8. The molecule has 0 bridgehead atoms. The Hall–Kier alpha value is -0.330. The Kier molecular flexibility index (Phi) is 4.57. The average Bonchev–Trinajstić information content (AvgIpc) is 2.99. The van der Waals surface area contributed by atoms with Gasteiger partial charge in [-0.05, 0) is 122 Å². The first-order valence-electron chi connectivity index (χ1n) is 13.4. The highest BCUT2D eigenvalue weighted by Crippen LogP contribution is 2.77. The van der Waals surface area contributed by atoms with E-state index in [4.69, 9.17) is 0 Å². The Morgan fingerprint density at radius 2 is 1.23 bits per heavy atom. The van der Waals surface area contributed by atoms with Crippen molar-refractivity contribution in [3.63, 3.8) is 0 Å². The molecule has 0 saturated heterocycles. The van der Waals surface area contributed by atoms with Crippen LogP contribution in [0.1, 0.15) is 119 Å². The van der Waals surface area contributed by atoms with Crippen molar-refractivity contribution in [2.45, 2.75) is 119 Å². The molecule has 1 nitrogen and oxygen atoms in total. The zero-order chi connectivity index (χ0) is 21.7. The molecule has 1 heteroatoms. The molecule has 5 fully saturated rings. The molecule has 170 valence electrons. The summed E-state index contributed by atoms with van der Waals surface area (Å²) in [6, 6.07) is 0. The van der Waals surface area contributed by atoms with Gasteiger partial charge in [0.15, 0.2) is 0 Å². The molecule has 5 saturated carbocycles. The van der Waals surface area contributed by atoms with E-state index in [-0.39, 0.29) is 0 Å². The first-order valence-corrected chi connectivity index (χ1v) is 13.4. The maximum atomic E-state index is 12.4. The van der Waals surface area contributed by atoms with Gasteiger partial charge in [-0.3, -0.25) is 4.79 Å². The van der Waals surface area contributed by atoms with E-state index in [1.54, 1.807) is 0 Å². The fraction of sp³-hybridized carbons (Fsp3) is 0.966. The van der Waals surface area contributed by atoms with Gasteiger partial charge in [-0.15, -0.1) is 0 Å². The zero-order valence-corrected chi connectivity index (χ0v) is 21.1. The van der Waals surface area contributed by atoms with Gasteiger partial charge in [0.05, 0.1) is 0 Å². The highest BCUT2D eigenvalue weighted by atomic mass is 16.1. The van der Waals surface area contributed by atoms with E-state index in [1.165, 1.54) is 64.2 Å². The molecule has 0 spiro atoms. The maximum absolute atomic E-state index is 12.4. The Morgan fingerprint density at radius 1 is 0.633 bits per heavy atom. The fourth-order valence-corrected chi connectivity index (χ4v) is 11.8. The average molecular weight is 413 g/mol. The third kappa shape index (κ3) is 2.45. The van der Waals surface area contributed by atoms with E-state index in [0.29, 0.717) is 44.7 Å². The van der Waals surface area contributed by atoms with Gasteiger partial charge < -0.3 is 0 Å². The van der Waals surface area contributed by atoms with E-state index in [2.05, 4.69) is 41.5 Å². The zero-order valence-electron chi connectivity index (χ0n) is 21.1. The second-order valence-electron chi connectivity index (χ2n) is 14.4. The van der Waals surface area contributed by atoms with E-state index >= 15 is 0 Å². The third-order valence-corrected chi connectivity index (χ3v) is 13.2. The minimum atomic E-state index is 0.359. The Labute approximate surface area is 186 Å². The molecule has 5 rings (SSSR count). The van der Waals surface area contributed by atoms with Gasteiger partial charge in [0.1, 0.15) is 5.78 Å². The van der Waals surface area contributed by atoms with E-state index < -0.39 is 0 Å². The van der Waals surface area contributed by atoms with Crippen LogP contribution in [-0.2, 0) is 4.79 Å². The minimum absolute atomic E-state index is 0.359. The van der Waals surface area contributed by atoms with Crippen LogP contribution < -0.4 is 0 Å². The highest BCUT2D eigenvalue weighted by Gasteiger charge is 2.70. The van der Waals surface area contributed by atoms with Crippen molar-refractivity contribution in [1.29, 1.82) is 0 Å². The number of carbonyl (C=O) groups is 1. The standard InChI is InChI=1S/C29H48O/c1-19(30)20-11-16-26(4)21(20)12-17-28(6)23(26)9-10-24-27(5)15-8-14-25(2,3)22(27)13-18-29(24,28)7/h20-24H,8-18H2,1-7H3/t20-,21-,22+,23-,24+,26-,27-,28+,29+/m0/s1. The van der Waals surface area contributed by atoms with Crippen molar-refractivity contribution in [1.82, 2.24) is 0 Å². The van der Waals surface area contributed by atoms with Crippen LogP contribution in [0.2, 0.25) is 0 Å². The van der Waals surface area contributed by atoms with E-state index in [1.807, 2.05) is 6.92 Å². The number of hydrogen-bond donors (Lipinski definition) is 0. The summed E-state index contributed by atoms with van der Waals surface area (Å²) in [6.07, 6.45) is 15.3. The number of carbonyl (C=O) groups excluding carboxylic acids is 1. The van der Waals surface area contributed by atoms with Crippen LogP contribution >= 0.6 is 0 Å². The largest absolute Gasteiger partial charge is 0.300 e. The Balaban J connectivity index is 1.53. The number of ketones is 1. The molecule has 0 amide bonds. The van der Waals surface area contributed by atoms with Gasteiger partial charge in [0.25, 0.3) is 0 Å². The second-order valence-corrected chi connectivity index (χ2v) is 14.4. The maximum Gasteiger partial charge on any atom is 0.133 e. The summed E-state index contributed by atoms with van der Waals surface area (Å²) in [5, 5.41) is 0. The molecular formula is C29H48O. The van der Waals surface area contributed by atoms with Crippen molar-refractivity contribution < 1.29 is 4.79 Å². The van der Waals surface area contributed by atoms with Gasteiger partial charge in [0, 0.05) is 5.92 Å². The van der Waals surface area contributed by atoms with Crippen LogP contribution in [0.4, 0.5) is 0 Å². The summed E-state index contributed by atoms with van der Waals surface area (Å²) in [4.78, 5) is 12.4. The van der Waals surface area contributed by atoms with Gasteiger partial charge in [-0.2, -0.15) is 0 Å². The van der Waals surface area contributed by atoms with Gasteiger partial charge >= 0.3 is 0 Å². The lowest BCUT2D eigenvalue weighted by molar-refractivity contribution is -0.240. The van der Waals surface area contributed by atoms with Crippen LogP contribution in [-0.4, -0.2) is 5.78 Å². The summed E-state index contributed by atoms with van der Waals surface area (Å²) in [5.74, 6) is 4.13. The van der Waals surface area contributed by atoms with Crippen molar-refractivity contribution in [2.75, 3.05) is 0 Å². The monoisotopic (exact) mass is 412 g/mol. The molecule has 0 radical (unpaired) electrons. The molecule has 0 N–H and O–H groups in total. The number of Topliss-reactive ketones (excluding diaryl/α,β-unsaturated/α-hetero) is 1. The molecule has 30 heavy (non-hydrogen) atoms. The van der Waals surface area contributed by atoms with Crippen LogP contribution in [0, 0.1) is 56.7 Å². The van der Waals surface area contributed by atoms with Gasteiger partial charge in [-0.25, -0.2) is 0 Å². The molecule has 0 aromatic heterocycles. The van der Waals surface area contributed by atoms with Gasteiger partial charge in [0.2, 0.25) is 0 Å². The normalized spacial score (nSPS) is 57.0. The number of rotatable bonds is 1. The van der Waals surface area contributed by atoms with Crippen molar-refractivity contribution >= 4 is 5.78 Å². The van der Waals surface area contributed by atoms with Crippen LogP contribution in [0.5, 0.6) is 0 Å². The van der Waals surface area contributed by atoms with E-state index in [0.717, 1.165) is 24.2 Å². The third-order valence-electron chi connectivity index (χ3n) is 13.2. The molecule has 0 heterocycles. The number of hydrogen-bond acceptors (Lipinski definition) is 1. The quantitative estimate of drug-likeness (QED) is 0.425. The first-order chi connectivity index (χ1) is 13.9. The first kappa shape index (κ1) is 21.5. The molecule has 0 unspecified atom stereocenters. The highest BCUT2D eigenvalue weighted by molar-refractivity contribution is 5.79. The topological polar surface area (TPSA) is 17.1 Å². The summed E-state index contributed by atoms with van der Waals surface area (Å²) in [7, 11) is 0. The lowest BCUT2D eigenvalue weighted by Crippen LogP contribution is -2.65. The SMILES string of the molecule is CC(=O)[C@@H]1CC[C@@]2(C)[C@H]1CC[C@]1(C)[C@H]2CC[C@@H]2[C@@]3(C)CCCC(C)(C)[C@H]3CC[C@]21C. The predicted molar refractivity (Wildman–Crippen MR) is 125 cm³/mol. The van der Waals surface area contributed by atoms with E-state index in [9.17, 15) is 4.79 Å². The van der Waals surface area contributed by atoms with Crippen LogP contribution in [0.3, 0.4) is 0 Å². The summed E-state index contributed by atoms with van der Waals surface area (Å²) in [5.41, 5.74) is 2.41. The molecule has 9 atom stereocenters. The predicted octanol–water partition coefficient (Wildman–Crippen LogP) is 8.07. The van der Waals surface area contributed by atoms with Crippen LogP contribution in [0.25, 0.3) is 0 Å². The number of fused-ring (bicyclic) bond motifs is 7. The molecular weight excluding hydrogens is 364 g/mol. The Bertz CT molecular complexity index is 737. The molecule has 5 aliphatic carbocycles. The molecule has 5 aliphatic rings. The minimum Gasteiger partial charge on any atom is -0.300 e. The molecule has 0 aliphatic heterocycles. The Morgan fingerprint density at radius 3 is 1.87 bits per heavy atom. The van der Waals surface area contributed by atoms with Crippen LogP contribution in [0.15, 0.2) is 0 Å². The van der Waals surface area contributed by atoms with Gasteiger partial charge in [-0.1, -0.05) is 48.0 Å². The summed E-state index contributed by atoms with van der Waals surface area (Å²) < 4.78 is 0. The molecule has 0 aromatic rings. The van der Waals surface area contributed by atoms with Crippen molar-refractivity contribution in [3.8, 4) is 0 Å². The second kappa shape index (κ2) is 6.38. The smallest absolute Gasteiger partial charge is 0.133 e.